The quantitative estimate of drug-likeness (QED) is 0.644. The van der Waals surface area contributed by atoms with Crippen molar-refractivity contribution in [3.8, 4) is 0 Å². The molecule has 0 spiro atoms. The summed E-state index contributed by atoms with van der Waals surface area (Å²) in [5.41, 5.74) is 0.635. The number of aryl methyl sites for hydroxylation is 1. The lowest BCUT2D eigenvalue weighted by molar-refractivity contribution is -0.143. The molecule has 94 valence electrons. The Morgan fingerprint density at radius 1 is 1.47 bits per heavy atom. The first kappa shape index (κ1) is 13.6. The Hall–Kier alpha value is -1.51. The second-order valence-electron chi connectivity index (χ2n) is 3.16. The van der Waals surface area contributed by atoms with E-state index in [9.17, 15) is 13.2 Å². The first-order valence-electron chi connectivity index (χ1n) is 4.72. The summed E-state index contributed by atoms with van der Waals surface area (Å²) in [7, 11) is -3.65. The summed E-state index contributed by atoms with van der Waals surface area (Å²) in [6, 6.07) is 5.18. The fraction of sp³-hybridized carbons (Fsp3) is 0.333. The van der Waals surface area contributed by atoms with Crippen LogP contribution in [0.25, 0.3) is 0 Å². The Morgan fingerprint density at radius 3 is 2.82 bits per heavy atom. The number of carboxylic acids is 1. The highest BCUT2D eigenvalue weighted by atomic mass is 32.2. The molecule has 0 unspecified atom stereocenters. The fourth-order valence-electron chi connectivity index (χ4n) is 1.01. The number of carbonyl (C=O) groups is 1. The molecule has 2 N–H and O–H groups in total. The predicted octanol–water partition coefficient (Wildman–Crippen LogP) is -0.440. The van der Waals surface area contributed by atoms with Crippen LogP contribution in [0.15, 0.2) is 24.4 Å². The Kier molecular flexibility index (Phi) is 5.01. The van der Waals surface area contributed by atoms with E-state index < -0.39 is 22.6 Å². The maximum absolute atomic E-state index is 11.3. The van der Waals surface area contributed by atoms with E-state index in [0.717, 1.165) is 0 Å². The predicted molar refractivity (Wildman–Crippen MR) is 58.5 cm³/mol. The van der Waals surface area contributed by atoms with Gasteiger partial charge in [0.05, 0.1) is 5.75 Å². The van der Waals surface area contributed by atoms with Crippen LogP contribution in [-0.2, 0) is 26.1 Å². The molecule has 0 aliphatic heterocycles. The van der Waals surface area contributed by atoms with E-state index in [1.807, 2.05) is 0 Å². The third-order valence-corrected chi connectivity index (χ3v) is 2.85. The number of hydrogen-bond donors (Lipinski definition) is 2. The summed E-state index contributed by atoms with van der Waals surface area (Å²) in [5, 5.41) is 8.25. The molecule has 1 aromatic heterocycles. The van der Waals surface area contributed by atoms with Gasteiger partial charge in [0.2, 0.25) is 10.0 Å². The largest absolute Gasteiger partial charge is 0.479 e. The van der Waals surface area contributed by atoms with Crippen molar-refractivity contribution < 1.29 is 23.2 Å². The molecular weight excluding hydrogens is 248 g/mol. The average molecular weight is 260 g/mol. The molecule has 0 amide bonds. The van der Waals surface area contributed by atoms with Gasteiger partial charge >= 0.3 is 5.97 Å². The van der Waals surface area contributed by atoms with Crippen LogP contribution >= 0.6 is 0 Å². The van der Waals surface area contributed by atoms with E-state index in [1.54, 1.807) is 29.3 Å². The highest BCUT2D eigenvalue weighted by Crippen LogP contribution is 1.97. The lowest BCUT2D eigenvalue weighted by Gasteiger charge is -2.05. The monoisotopic (exact) mass is 260 g/mol. The number of rotatable bonds is 7. The van der Waals surface area contributed by atoms with Crippen LogP contribution in [0.4, 0.5) is 0 Å². The van der Waals surface area contributed by atoms with Crippen molar-refractivity contribution in [3.63, 3.8) is 0 Å². The van der Waals surface area contributed by atoms with Gasteiger partial charge in [-0.2, -0.15) is 0 Å². The molecule has 0 saturated carbocycles. The summed E-state index contributed by atoms with van der Waals surface area (Å²) >= 11 is 0. The number of aliphatic carboxylic acids is 1. The van der Waals surface area contributed by atoms with E-state index in [-0.39, 0.29) is 12.2 Å². The maximum atomic E-state index is 11.3. The topological polar surface area (TPSA) is 106 Å². The molecule has 0 aliphatic carbocycles. The first-order chi connectivity index (χ1) is 7.99. The average Bonchev–Trinajstić information content (AvgIpc) is 2.27. The van der Waals surface area contributed by atoms with Gasteiger partial charge in [-0.25, -0.2) is 13.2 Å². The number of nitrogens with zero attached hydrogens (tertiary/aromatic N) is 1. The van der Waals surface area contributed by atoms with Crippen molar-refractivity contribution >= 4 is 16.0 Å². The van der Waals surface area contributed by atoms with E-state index in [1.165, 1.54) is 0 Å². The fourth-order valence-corrected chi connectivity index (χ4v) is 1.81. The third-order valence-electron chi connectivity index (χ3n) is 1.73. The lowest BCUT2D eigenvalue weighted by atomic mass is 10.3. The first-order valence-corrected chi connectivity index (χ1v) is 6.38. The molecule has 8 heteroatoms. The van der Waals surface area contributed by atoms with Crippen molar-refractivity contribution in [3.05, 3.63) is 30.1 Å². The number of carboxylic acid groups (broad SMARTS) is 1. The van der Waals surface area contributed by atoms with Crippen LogP contribution in [0.3, 0.4) is 0 Å². The number of sulfonamides is 1. The van der Waals surface area contributed by atoms with E-state index in [2.05, 4.69) is 9.82 Å². The number of nitrogens with one attached hydrogen (secondary N) is 1. The van der Waals surface area contributed by atoms with Crippen molar-refractivity contribution in [2.24, 2.45) is 0 Å². The minimum absolute atomic E-state index is 0.219. The summed E-state index contributed by atoms with van der Waals surface area (Å²) in [6.45, 7) is -0.719. The zero-order chi connectivity index (χ0) is 12.7. The summed E-state index contributed by atoms with van der Waals surface area (Å²) in [6.07, 6.45) is 1.79. The lowest BCUT2D eigenvalue weighted by Crippen LogP contribution is -2.29. The Bertz CT molecular complexity index is 460. The molecule has 17 heavy (non-hydrogen) atoms. The molecule has 0 aromatic carbocycles. The van der Waals surface area contributed by atoms with E-state index >= 15 is 0 Å². The number of aromatic nitrogens is 1. The Morgan fingerprint density at radius 2 is 2.24 bits per heavy atom. The minimum Gasteiger partial charge on any atom is -0.479 e. The van der Waals surface area contributed by atoms with Crippen molar-refractivity contribution in [1.82, 2.24) is 9.87 Å². The molecule has 0 saturated heterocycles. The third kappa shape index (κ3) is 5.95. The van der Waals surface area contributed by atoms with Gasteiger partial charge in [0.25, 0.3) is 0 Å². The molecule has 0 bridgehead atoms. The summed E-state index contributed by atoms with van der Waals surface area (Å²) < 4.78 is 22.7. The smallest absolute Gasteiger partial charge is 0.331 e. The van der Waals surface area contributed by atoms with Gasteiger partial charge in [-0.15, -0.1) is 0 Å². The Balaban J connectivity index is 2.37. The van der Waals surface area contributed by atoms with Gasteiger partial charge in [0.15, 0.2) is 6.61 Å². The minimum atomic E-state index is -3.65. The molecule has 7 nitrogen and oxygen atoms in total. The van der Waals surface area contributed by atoms with Gasteiger partial charge in [-0.1, -0.05) is 11.0 Å². The van der Waals surface area contributed by atoms with Gasteiger partial charge in [-0.05, 0) is 12.1 Å². The second-order valence-corrected chi connectivity index (χ2v) is 4.96. The molecule has 0 fully saturated rings. The van der Waals surface area contributed by atoms with Crippen LogP contribution in [0.1, 0.15) is 5.69 Å². The van der Waals surface area contributed by atoms with Crippen LogP contribution in [-0.4, -0.2) is 36.8 Å². The van der Waals surface area contributed by atoms with E-state index in [4.69, 9.17) is 5.11 Å². The number of pyridine rings is 1. The zero-order valence-corrected chi connectivity index (χ0v) is 9.68. The van der Waals surface area contributed by atoms with Crippen LogP contribution in [0, 0.1) is 0 Å². The van der Waals surface area contributed by atoms with Crippen molar-refractivity contribution in [2.75, 3.05) is 12.4 Å². The van der Waals surface area contributed by atoms with Gasteiger partial charge in [0, 0.05) is 18.3 Å². The van der Waals surface area contributed by atoms with Crippen LogP contribution < -0.4 is 4.89 Å². The van der Waals surface area contributed by atoms with Crippen LogP contribution in [0.2, 0.25) is 0 Å². The summed E-state index contributed by atoms with van der Waals surface area (Å²) in [5.74, 6) is -1.47. The second kappa shape index (κ2) is 6.28. The highest BCUT2D eigenvalue weighted by molar-refractivity contribution is 7.89. The maximum Gasteiger partial charge on any atom is 0.331 e. The molecule has 0 radical (unpaired) electrons. The highest BCUT2D eigenvalue weighted by Gasteiger charge is 2.11. The number of hydrogen-bond acceptors (Lipinski definition) is 5. The molecule has 1 rings (SSSR count). The molecule has 1 aromatic rings. The Labute approximate surface area is 98.4 Å². The standard InChI is InChI=1S/C9H12N2O5S/c12-9(13)7-16-11-17(14,15)6-4-8-3-1-2-5-10-8/h1-3,5,11H,4,6-7H2,(H,12,13). The summed E-state index contributed by atoms with van der Waals surface area (Å²) in [4.78, 5) is 20.1. The van der Waals surface area contributed by atoms with Gasteiger partial charge in [-0.3, -0.25) is 9.82 Å². The molecule has 1 heterocycles. The van der Waals surface area contributed by atoms with Gasteiger partial charge < -0.3 is 5.11 Å². The van der Waals surface area contributed by atoms with Crippen molar-refractivity contribution in [1.29, 1.82) is 0 Å². The van der Waals surface area contributed by atoms with Crippen LogP contribution in [0.5, 0.6) is 0 Å². The van der Waals surface area contributed by atoms with Gasteiger partial charge in [0.1, 0.15) is 0 Å². The SMILES string of the molecule is O=C(O)CONS(=O)(=O)CCc1ccccn1. The molecule has 0 aliphatic rings. The van der Waals surface area contributed by atoms with E-state index in [0.29, 0.717) is 5.69 Å². The molecular formula is C9H12N2O5S. The molecule has 0 atom stereocenters. The van der Waals surface area contributed by atoms with Crippen molar-refractivity contribution in [2.45, 2.75) is 6.42 Å². The zero-order valence-electron chi connectivity index (χ0n) is 8.87. The normalized spacial score (nSPS) is 11.3.